The van der Waals surface area contributed by atoms with Crippen molar-refractivity contribution in [1.29, 1.82) is 0 Å². The number of aliphatic hydroxyl groups is 1. The van der Waals surface area contributed by atoms with Crippen molar-refractivity contribution < 1.29 is 26.7 Å². The lowest BCUT2D eigenvalue weighted by atomic mass is 9.99. The van der Waals surface area contributed by atoms with Gasteiger partial charge >= 0.3 is 6.18 Å². The van der Waals surface area contributed by atoms with E-state index in [-0.39, 0.29) is 16.1 Å². The molecule has 1 aliphatic rings. The predicted octanol–water partition coefficient (Wildman–Crippen LogP) is 5.49. The fourth-order valence-electron chi connectivity index (χ4n) is 3.63. The van der Waals surface area contributed by atoms with Crippen LogP contribution in [0.1, 0.15) is 44.2 Å². The number of nitrogens with one attached hydrogen (secondary N) is 1. The van der Waals surface area contributed by atoms with Crippen LogP contribution in [0, 0.1) is 0 Å². The first-order chi connectivity index (χ1) is 14.3. The monoisotopic (exact) mass is 520 g/mol. The highest BCUT2D eigenvalue weighted by molar-refractivity contribution is 9.10. The summed E-state index contributed by atoms with van der Waals surface area (Å²) in [6, 6.07) is 7.48. The zero-order chi connectivity index (χ0) is 23.0. The zero-order valence-electron chi connectivity index (χ0n) is 17.1. The summed E-state index contributed by atoms with van der Waals surface area (Å²) in [5.41, 5.74) is -2.03. The van der Waals surface area contributed by atoms with Crippen LogP contribution >= 0.6 is 15.9 Å². The molecule has 0 aromatic heterocycles. The van der Waals surface area contributed by atoms with E-state index >= 15 is 0 Å². The van der Waals surface area contributed by atoms with Crippen LogP contribution in [0.3, 0.4) is 0 Å². The molecule has 1 heterocycles. The number of piperidine rings is 1. The number of alkyl halides is 3. The molecular formula is C21H24BrF3N2O3S. The Morgan fingerprint density at radius 3 is 2.26 bits per heavy atom. The largest absolute Gasteiger partial charge is 0.416 e. The Bertz CT molecular complexity index is 1060. The molecule has 1 aliphatic heterocycles. The summed E-state index contributed by atoms with van der Waals surface area (Å²) in [5.74, 6) is 0. The minimum absolute atomic E-state index is 0.134. The average Bonchev–Trinajstić information content (AvgIpc) is 2.66. The fraction of sp³-hybridized carbons (Fsp3) is 0.429. The average molecular weight is 521 g/mol. The predicted molar refractivity (Wildman–Crippen MR) is 118 cm³/mol. The summed E-state index contributed by atoms with van der Waals surface area (Å²) in [7, 11) is -4.31. The van der Waals surface area contributed by atoms with Crippen LogP contribution in [0.5, 0.6) is 0 Å². The molecule has 3 rings (SSSR count). The molecule has 2 aromatic rings. The molecule has 0 radical (unpaired) electrons. The van der Waals surface area contributed by atoms with Gasteiger partial charge in [0.05, 0.1) is 27.4 Å². The highest BCUT2D eigenvalue weighted by Gasteiger charge is 2.33. The molecule has 5 nitrogen and oxygen atoms in total. The topological polar surface area (TPSA) is 69.6 Å². The van der Waals surface area contributed by atoms with Gasteiger partial charge in [-0.3, -0.25) is 4.72 Å². The summed E-state index contributed by atoms with van der Waals surface area (Å²) in [4.78, 5) is 1.68. The minimum atomic E-state index is -4.62. The summed E-state index contributed by atoms with van der Waals surface area (Å²) >= 11 is 3.22. The zero-order valence-corrected chi connectivity index (χ0v) is 19.5. The highest BCUT2D eigenvalue weighted by atomic mass is 79.9. The van der Waals surface area contributed by atoms with Gasteiger partial charge in [-0.1, -0.05) is 22.0 Å². The van der Waals surface area contributed by atoms with Gasteiger partial charge in [0.2, 0.25) is 0 Å². The maximum absolute atomic E-state index is 13.3. The number of nitrogens with zero attached hydrogens (tertiary/aromatic N) is 1. The minimum Gasteiger partial charge on any atom is -0.386 e. The second kappa shape index (κ2) is 8.63. The van der Waals surface area contributed by atoms with E-state index in [0.29, 0.717) is 23.2 Å². The fourth-order valence-corrected chi connectivity index (χ4v) is 5.59. The first kappa shape index (κ1) is 23.9. The Hall–Kier alpha value is -1.78. The van der Waals surface area contributed by atoms with E-state index in [4.69, 9.17) is 0 Å². The number of sulfonamides is 1. The van der Waals surface area contributed by atoms with E-state index < -0.39 is 27.4 Å². The Labute approximate surface area is 188 Å². The maximum atomic E-state index is 13.3. The van der Waals surface area contributed by atoms with Gasteiger partial charge < -0.3 is 10.0 Å². The van der Waals surface area contributed by atoms with Gasteiger partial charge in [0, 0.05) is 23.1 Å². The van der Waals surface area contributed by atoms with Gasteiger partial charge in [-0.2, -0.15) is 13.2 Å². The molecule has 0 saturated carbocycles. The van der Waals surface area contributed by atoms with Crippen molar-refractivity contribution in [3.63, 3.8) is 0 Å². The van der Waals surface area contributed by atoms with E-state index in [2.05, 4.69) is 20.7 Å². The first-order valence-electron chi connectivity index (χ1n) is 9.80. The third kappa shape index (κ3) is 5.53. The van der Waals surface area contributed by atoms with Crippen LogP contribution in [-0.4, -0.2) is 26.6 Å². The van der Waals surface area contributed by atoms with Crippen LogP contribution in [0.2, 0.25) is 0 Å². The molecule has 2 N–H and O–H groups in total. The van der Waals surface area contributed by atoms with E-state index in [1.54, 1.807) is 6.07 Å². The molecule has 1 fully saturated rings. The molecule has 0 amide bonds. The molecule has 0 atom stereocenters. The van der Waals surface area contributed by atoms with Crippen LogP contribution in [-0.2, 0) is 21.8 Å². The molecule has 0 bridgehead atoms. The van der Waals surface area contributed by atoms with Crippen LogP contribution < -0.4 is 9.62 Å². The normalized spacial score (nSPS) is 15.8. The van der Waals surface area contributed by atoms with Gasteiger partial charge in [-0.15, -0.1) is 0 Å². The number of benzene rings is 2. The molecule has 1 saturated heterocycles. The Kier molecular flexibility index (Phi) is 6.65. The number of rotatable bonds is 5. The summed E-state index contributed by atoms with van der Waals surface area (Å²) in [6.45, 7) is 4.15. The number of hydrogen-bond donors (Lipinski definition) is 2. The lowest BCUT2D eigenvalue weighted by Gasteiger charge is -2.31. The van der Waals surface area contributed by atoms with Crippen molar-refractivity contribution in [3.05, 3.63) is 52.0 Å². The molecule has 0 unspecified atom stereocenters. The Morgan fingerprint density at radius 2 is 1.68 bits per heavy atom. The van der Waals surface area contributed by atoms with E-state index in [1.807, 2.05) is 4.90 Å². The smallest absolute Gasteiger partial charge is 0.386 e. The van der Waals surface area contributed by atoms with Crippen LogP contribution in [0.4, 0.5) is 24.5 Å². The molecule has 170 valence electrons. The third-order valence-electron chi connectivity index (χ3n) is 5.16. The second-order valence-corrected chi connectivity index (χ2v) is 10.6. The standard InChI is InChI=1S/C21H24BrF3N2O3S/c1-20(2,28)16-8-7-15(22)13-19(16)31(29,30)26-17-12-14(21(23,24)25)6-9-18(17)27-10-4-3-5-11-27/h6-9,12-13,26,28H,3-5,10-11H2,1-2H3. The molecule has 31 heavy (non-hydrogen) atoms. The molecular weight excluding hydrogens is 497 g/mol. The quantitative estimate of drug-likeness (QED) is 0.547. The molecule has 0 aliphatic carbocycles. The van der Waals surface area contributed by atoms with Gasteiger partial charge in [-0.25, -0.2) is 8.42 Å². The number of hydrogen-bond acceptors (Lipinski definition) is 4. The van der Waals surface area contributed by atoms with Crippen molar-refractivity contribution in [2.24, 2.45) is 0 Å². The molecule has 2 aromatic carbocycles. The van der Waals surface area contributed by atoms with Crippen molar-refractivity contribution in [2.45, 2.75) is 49.8 Å². The summed E-state index contributed by atoms with van der Waals surface area (Å²) in [6.07, 6.45) is -1.84. The highest BCUT2D eigenvalue weighted by Crippen LogP contribution is 2.38. The third-order valence-corrected chi connectivity index (χ3v) is 7.06. The van der Waals surface area contributed by atoms with E-state index in [0.717, 1.165) is 31.4 Å². The van der Waals surface area contributed by atoms with Crippen LogP contribution in [0.15, 0.2) is 45.8 Å². The van der Waals surface area contributed by atoms with E-state index in [9.17, 15) is 26.7 Å². The van der Waals surface area contributed by atoms with Crippen molar-refractivity contribution >= 4 is 37.3 Å². The number of anilines is 2. The summed E-state index contributed by atoms with van der Waals surface area (Å²) < 4.78 is 69.4. The van der Waals surface area contributed by atoms with Gasteiger partial charge in [-0.05, 0) is 63.4 Å². The van der Waals surface area contributed by atoms with Crippen LogP contribution in [0.25, 0.3) is 0 Å². The Balaban J connectivity index is 2.11. The van der Waals surface area contributed by atoms with Crippen molar-refractivity contribution in [2.75, 3.05) is 22.7 Å². The van der Waals surface area contributed by atoms with Gasteiger partial charge in [0.25, 0.3) is 10.0 Å². The first-order valence-corrected chi connectivity index (χ1v) is 12.1. The van der Waals surface area contributed by atoms with Gasteiger partial charge in [0.15, 0.2) is 0 Å². The van der Waals surface area contributed by atoms with Crippen molar-refractivity contribution in [1.82, 2.24) is 0 Å². The van der Waals surface area contributed by atoms with Crippen molar-refractivity contribution in [3.8, 4) is 0 Å². The summed E-state index contributed by atoms with van der Waals surface area (Å²) in [5, 5.41) is 10.4. The van der Waals surface area contributed by atoms with E-state index in [1.165, 1.54) is 32.0 Å². The molecule has 10 heteroatoms. The number of halogens is 4. The molecule has 0 spiro atoms. The lowest BCUT2D eigenvalue weighted by Crippen LogP contribution is -2.31. The Morgan fingerprint density at radius 1 is 1.03 bits per heavy atom. The second-order valence-electron chi connectivity index (χ2n) is 8.08. The lowest BCUT2D eigenvalue weighted by molar-refractivity contribution is -0.137. The maximum Gasteiger partial charge on any atom is 0.416 e. The van der Waals surface area contributed by atoms with Gasteiger partial charge in [0.1, 0.15) is 0 Å². The SMILES string of the molecule is CC(C)(O)c1ccc(Br)cc1S(=O)(=O)Nc1cc(C(F)(F)F)ccc1N1CCCCC1.